The number of hydrogen-bond donors (Lipinski definition) is 1. The summed E-state index contributed by atoms with van der Waals surface area (Å²) < 4.78 is 11.5. The molecule has 5 nitrogen and oxygen atoms in total. The Morgan fingerprint density at radius 3 is 2.86 bits per heavy atom. The predicted octanol–water partition coefficient (Wildman–Crippen LogP) is 1.80. The van der Waals surface area contributed by atoms with Crippen molar-refractivity contribution >= 4 is 5.91 Å². The molecule has 1 aliphatic heterocycles. The molecule has 1 aromatic carbocycles. The number of benzene rings is 1. The molecule has 2 N–H and O–H groups in total. The third-order valence-electron chi connectivity index (χ3n) is 3.61. The first kappa shape index (κ1) is 15.6. The van der Waals surface area contributed by atoms with E-state index >= 15 is 0 Å². The van der Waals surface area contributed by atoms with E-state index in [4.69, 9.17) is 15.2 Å². The minimum absolute atomic E-state index is 0.0362. The lowest BCUT2D eigenvalue weighted by Crippen LogP contribution is -2.47. The molecule has 0 radical (unpaired) electrons. The Morgan fingerprint density at radius 2 is 2.14 bits per heavy atom. The third kappa shape index (κ3) is 4.11. The molecule has 1 heterocycles. The van der Waals surface area contributed by atoms with Crippen molar-refractivity contribution in [1.29, 1.82) is 0 Å². The van der Waals surface area contributed by atoms with Crippen molar-refractivity contribution in [1.82, 2.24) is 4.90 Å². The standard InChI is InChI=1S/C16H24N2O3/c1-3-4-7-13(17)16(19)18(2)10-12-11-20-14-8-5-6-9-15(14)21-12/h5-6,8-9,12-13H,3-4,7,10-11,17H2,1-2H3. The Bertz CT molecular complexity index is 478. The van der Waals surface area contributed by atoms with Crippen molar-refractivity contribution in [3.05, 3.63) is 24.3 Å². The number of carbonyl (C=O) groups is 1. The fourth-order valence-electron chi connectivity index (χ4n) is 2.38. The van der Waals surface area contributed by atoms with Gasteiger partial charge in [0, 0.05) is 7.05 Å². The Labute approximate surface area is 126 Å². The van der Waals surface area contributed by atoms with E-state index in [1.165, 1.54) is 0 Å². The van der Waals surface area contributed by atoms with Crippen LogP contribution in [0.1, 0.15) is 26.2 Å². The molecule has 1 aliphatic rings. The molecular weight excluding hydrogens is 268 g/mol. The van der Waals surface area contributed by atoms with Crippen LogP contribution in [0.25, 0.3) is 0 Å². The highest BCUT2D eigenvalue weighted by Gasteiger charge is 2.25. The zero-order valence-electron chi connectivity index (χ0n) is 12.7. The van der Waals surface area contributed by atoms with Crippen LogP contribution < -0.4 is 15.2 Å². The van der Waals surface area contributed by atoms with Crippen LogP contribution in [0.2, 0.25) is 0 Å². The molecule has 5 heteroatoms. The van der Waals surface area contributed by atoms with E-state index < -0.39 is 6.04 Å². The van der Waals surface area contributed by atoms with Gasteiger partial charge in [0.15, 0.2) is 17.6 Å². The van der Waals surface area contributed by atoms with Gasteiger partial charge in [0.2, 0.25) is 5.91 Å². The molecule has 0 fully saturated rings. The minimum atomic E-state index is -0.424. The summed E-state index contributed by atoms with van der Waals surface area (Å²) in [6.07, 6.45) is 2.58. The van der Waals surface area contributed by atoms with Crippen molar-refractivity contribution < 1.29 is 14.3 Å². The topological polar surface area (TPSA) is 64.8 Å². The number of carbonyl (C=O) groups excluding carboxylic acids is 1. The summed E-state index contributed by atoms with van der Waals surface area (Å²) in [5.74, 6) is 1.44. The smallest absolute Gasteiger partial charge is 0.239 e. The first-order valence-corrected chi connectivity index (χ1v) is 7.51. The maximum absolute atomic E-state index is 12.2. The monoisotopic (exact) mass is 292 g/mol. The lowest BCUT2D eigenvalue weighted by atomic mass is 10.1. The van der Waals surface area contributed by atoms with Crippen LogP contribution in [-0.4, -0.2) is 43.2 Å². The molecule has 0 saturated heterocycles. The average Bonchev–Trinajstić information content (AvgIpc) is 2.51. The van der Waals surface area contributed by atoms with E-state index in [1.807, 2.05) is 24.3 Å². The van der Waals surface area contributed by atoms with Gasteiger partial charge < -0.3 is 20.1 Å². The number of unbranched alkanes of at least 4 members (excludes halogenated alkanes) is 1. The van der Waals surface area contributed by atoms with E-state index in [2.05, 4.69) is 6.92 Å². The van der Waals surface area contributed by atoms with Gasteiger partial charge in [0.25, 0.3) is 0 Å². The maximum atomic E-state index is 12.2. The van der Waals surface area contributed by atoms with Crippen LogP contribution in [0.5, 0.6) is 11.5 Å². The van der Waals surface area contributed by atoms with Crippen LogP contribution in [0.3, 0.4) is 0 Å². The number of fused-ring (bicyclic) bond motifs is 1. The SMILES string of the molecule is CCCCC(N)C(=O)N(C)CC1COc2ccccc2O1. The number of rotatable bonds is 6. The van der Waals surface area contributed by atoms with Crippen molar-refractivity contribution in [3.8, 4) is 11.5 Å². The summed E-state index contributed by atoms with van der Waals surface area (Å²) in [5.41, 5.74) is 5.92. The number of likely N-dealkylation sites (N-methyl/N-ethyl adjacent to an activating group) is 1. The minimum Gasteiger partial charge on any atom is -0.486 e. The second-order valence-corrected chi connectivity index (χ2v) is 5.47. The van der Waals surface area contributed by atoms with Crippen LogP contribution in [-0.2, 0) is 4.79 Å². The molecule has 1 aromatic rings. The van der Waals surface area contributed by atoms with Crippen LogP contribution in [0.15, 0.2) is 24.3 Å². The molecule has 0 saturated carbocycles. The van der Waals surface area contributed by atoms with Gasteiger partial charge in [-0.2, -0.15) is 0 Å². The first-order valence-electron chi connectivity index (χ1n) is 7.51. The predicted molar refractivity (Wildman–Crippen MR) is 81.5 cm³/mol. The Balaban J connectivity index is 1.86. The molecule has 1 amide bonds. The van der Waals surface area contributed by atoms with Crippen LogP contribution in [0, 0.1) is 0 Å². The number of hydrogen-bond acceptors (Lipinski definition) is 4. The quantitative estimate of drug-likeness (QED) is 0.868. The Hall–Kier alpha value is -1.75. The van der Waals surface area contributed by atoms with E-state index in [1.54, 1.807) is 11.9 Å². The van der Waals surface area contributed by atoms with Crippen molar-refractivity contribution in [2.75, 3.05) is 20.2 Å². The largest absolute Gasteiger partial charge is 0.486 e. The first-order chi connectivity index (χ1) is 10.1. The molecule has 2 atom stereocenters. The molecule has 0 aromatic heterocycles. The Morgan fingerprint density at radius 1 is 1.43 bits per heavy atom. The molecule has 21 heavy (non-hydrogen) atoms. The summed E-state index contributed by atoms with van der Waals surface area (Å²) in [4.78, 5) is 13.8. The summed E-state index contributed by atoms with van der Waals surface area (Å²) in [6.45, 7) is 3.01. The lowest BCUT2D eigenvalue weighted by molar-refractivity contribution is -0.132. The Kier molecular flexibility index (Phi) is 5.44. The highest BCUT2D eigenvalue weighted by Crippen LogP contribution is 2.30. The summed E-state index contributed by atoms with van der Waals surface area (Å²) in [7, 11) is 1.76. The lowest BCUT2D eigenvalue weighted by Gasteiger charge is -2.30. The molecule has 116 valence electrons. The second-order valence-electron chi connectivity index (χ2n) is 5.47. The highest BCUT2D eigenvalue weighted by atomic mass is 16.6. The summed E-state index contributed by atoms with van der Waals surface area (Å²) in [5, 5.41) is 0. The van der Waals surface area contributed by atoms with Gasteiger partial charge in [0.05, 0.1) is 12.6 Å². The van der Waals surface area contributed by atoms with Gasteiger partial charge in [0.1, 0.15) is 6.61 Å². The molecule has 0 spiro atoms. The highest BCUT2D eigenvalue weighted by molar-refractivity contribution is 5.81. The van der Waals surface area contributed by atoms with Gasteiger partial charge in [-0.05, 0) is 18.6 Å². The van der Waals surface area contributed by atoms with Crippen molar-refractivity contribution in [3.63, 3.8) is 0 Å². The van der Waals surface area contributed by atoms with Gasteiger partial charge in [-0.25, -0.2) is 0 Å². The number of ether oxygens (including phenoxy) is 2. The molecule has 2 rings (SSSR count). The van der Waals surface area contributed by atoms with Crippen molar-refractivity contribution in [2.45, 2.75) is 38.3 Å². The zero-order valence-corrected chi connectivity index (χ0v) is 12.7. The van der Waals surface area contributed by atoms with Crippen LogP contribution >= 0.6 is 0 Å². The average molecular weight is 292 g/mol. The third-order valence-corrected chi connectivity index (χ3v) is 3.61. The van der Waals surface area contributed by atoms with Gasteiger partial charge >= 0.3 is 0 Å². The molecular formula is C16H24N2O3. The fraction of sp³-hybridized carbons (Fsp3) is 0.562. The van der Waals surface area contributed by atoms with E-state index in [0.717, 1.165) is 30.8 Å². The number of para-hydroxylation sites is 2. The summed E-state index contributed by atoms with van der Waals surface area (Å²) in [6, 6.07) is 7.13. The maximum Gasteiger partial charge on any atom is 0.239 e. The van der Waals surface area contributed by atoms with Gasteiger partial charge in [-0.1, -0.05) is 31.9 Å². The second kappa shape index (κ2) is 7.31. The van der Waals surface area contributed by atoms with Gasteiger partial charge in [-0.15, -0.1) is 0 Å². The fourth-order valence-corrected chi connectivity index (χ4v) is 2.38. The van der Waals surface area contributed by atoms with Gasteiger partial charge in [-0.3, -0.25) is 4.79 Å². The van der Waals surface area contributed by atoms with E-state index in [9.17, 15) is 4.79 Å². The number of amides is 1. The summed E-state index contributed by atoms with van der Waals surface area (Å²) >= 11 is 0. The van der Waals surface area contributed by atoms with Crippen LogP contribution in [0.4, 0.5) is 0 Å². The number of nitrogens with two attached hydrogens (primary N) is 1. The molecule has 0 bridgehead atoms. The van der Waals surface area contributed by atoms with E-state index in [-0.39, 0.29) is 12.0 Å². The molecule has 2 unspecified atom stereocenters. The normalized spacial score (nSPS) is 18.1. The van der Waals surface area contributed by atoms with Crippen molar-refractivity contribution in [2.24, 2.45) is 5.73 Å². The van der Waals surface area contributed by atoms with E-state index in [0.29, 0.717) is 13.2 Å². The molecule has 0 aliphatic carbocycles. The number of nitrogens with zero attached hydrogens (tertiary/aromatic N) is 1. The zero-order chi connectivity index (χ0) is 15.2.